The summed E-state index contributed by atoms with van der Waals surface area (Å²) in [6.07, 6.45) is 0.894. The zero-order valence-electron chi connectivity index (χ0n) is 17.6. The van der Waals surface area contributed by atoms with Crippen LogP contribution in [-0.4, -0.2) is 60.2 Å². The molecule has 2 aliphatic rings. The number of carbonyl (C=O) groups is 2. The average molecular weight is 442 g/mol. The number of rotatable bonds is 6. The number of halogens is 2. The Balaban J connectivity index is 1.48. The first kappa shape index (κ1) is 21.9. The van der Waals surface area contributed by atoms with Gasteiger partial charge in [0.15, 0.2) is 11.6 Å². The summed E-state index contributed by atoms with van der Waals surface area (Å²) in [4.78, 5) is 27.7. The topological polar surface area (TPSA) is 88.2 Å². The maximum atomic E-state index is 13.4. The standard InChI is InChI=1S/C23H24F2N4O3/c1-28-22(31)23(12-15-5-3-2-4-6-15)14-29(10-9-20(23)27-28)21(30)19(26)13-32-16-7-8-17(24)18(25)11-16/h2-8,11,19H,9-10,12-14,26H2,1H3/t19-,23-/m1/s1. The first-order valence-corrected chi connectivity index (χ1v) is 10.3. The lowest BCUT2D eigenvalue weighted by Gasteiger charge is -2.40. The van der Waals surface area contributed by atoms with E-state index < -0.39 is 23.1 Å². The van der Waals surface area contributed by atoms with E-state index in [-0.39, 0.29) is 30.7 Å². The Kier molecular flexibility index (Phi) is 5.92. The molecule has 2 aliphatic heterocycles. The van der Waals surface area contributed by atoms with Gasteiger partial charge < -0.3 is 15.4 Å². The molecule has 0 aromatic heterocycles. The molecule has 0 aliphatic carbocycles. The van der Waals surface area contributed by atoms with E-state index in [0.717, 1.165) is 23.4 Å². The lowest BCUT2D eigenvalue weighted by atomic mass is 9.73. The van der Waals surface area contributed by atoms with Gasteiger partial charge in [0.1, 0.15) is 23.8 Å². The second kappa shape index (κ2) is 8.66. The molecule has 168 valence electrons. The molecule has 2 aromatic rings. The Labute approximate surface area is 184 Å². The summed E-state index contributed by atoms with van der Waals surface area (Å²) in [5.41, 5.74) is 6.87. The van der Waals surface area contributed by atoms with Crippen molar-refractivity contribution in [2.45, 2.75) is 18.9 Å². The van der Waals surface area contributed by atoms with Gasteiger partial charge in [-0.25, -0.2) is 13.8 Å². The summed E-state index contributed by atoms with van der Waals surface area (Å²) >= 11 is 0. The van der Waals surface area contributed by atoms with Crippen LogP contribution < -0.4 is 10.5 Å². The number of carbonyl (C=O) groups excluding carboxylic acids is 2. The van der Waals surface area contributed by atoms with E-state index in [2.05, 4.69) is 5.10 Å². The fourth-order valence-electron chi connectivity index (χ4n) is 4.27. The number of hydrogen-bond donors (Lipinski definition) is 1. The third kappa shape index (κ3) is 4.08. The average Bonchev–Trinajstić information content (AvgIpc) is 3.04. The molecule has 0 radical (unpaired) electrons. The highest BCUT2D eigenvalue weighted by Gasteiger charge is 2.53. The quantitative estimate of drug-likeness (QED) is 0.741. The summed E-state index contributed by atoms with van der Waals surface area (Å²) in [6, 6.07) is 11.7. The Morgan fingerprint density at radius 2 is 1.97 bits per heavy atom. The van der Waals surface area contributed by atoms with Crippen LogP contribution in [-0.2, 0) is 16.0 Å². The van der Waals surface area contributed by atoms with Crippen molar-refractivity contribution in [2.24, 2.45) is 16.3 Å². The number of nitrogens with two attached hydrogens (primary N) is 1. The lowest BCUT2D eigenvalue weighted by Crippen LogP contribution is -2.58. The van der Waals surface area contributed by atoms with Gasteiger partial charge in [-0.1, -0.05) is 30.3 Å². The molecule has 0 saturated carbocycles. The van der Waals surface area contributed by atoms with Crippen molar-refractivity contribution in [2.75, 3.05) is 26.7 Å². The molecule has 7 nitrogen and oxygen atoms in total. The van der Waals surface area contributed by atoms with Crippen molar-refractivity contribution < 1.29 is 23.1 Å². The number of fused-ring (bicyclic) bond motifs is 1. The zero-order chi connectivity index (χ0) is 22.9. The number of hydrogen-bond acceptors (Lipinski definition) is 5. The molecular formula is C23H24F2N4O3. The molecule has 1 saturated heterocycles. The number of hydrazone groups is 1. The molecule has 2 amide bonds. The second-order valence-corrected chi connectivity index (χ2v) is 8.12. The van der Waals surface area contributed by atoms with Gasteiger partial charge in [0, 0.05) is 32.6 Å². The Morgan fingerprint density at radius 1 is 1.22 bits per heavy atom. The van der Waals surface area contributed by atoms with Gasteiger partial charge in [-0.05, 0) is 24.1 Å². The third-order valence-electron chi connectivity index (χ3n) is 5.90. The zero-order valence-corrected chi connectivity index (χ0v) is 17.6. The second-order valence-electron chi connectivity index (χ2n) is 8.12. The van der Waals surface area contributed by atoms with Crippen LogP contribution in [0.2, 0.25) is 0 Å². The maximum Gasteiger partial charge on any atom is 0.256 e. The van der Waals surface area contributed by atoms with Crippen molar-refractivity contribution in [3.63, 3.8) is 0 Å². The predicted molar refractivity (Wildman–Crippen MR) is 114 cm³/mol. The molecule has 32 heavy (non-hydrogen) atoms. The fourth-order valence-corrected chi connectivity index (χ4v) is 4.27. The summed E-state index contributed by atoms with van der Waals surface area (Å²) in [5, 5.41) is 5.78. The smallest absolute Gasteiger partial charge is 0.256 e. The van der Waals surface area contributed by atoms with Gasteiger partial charge in [0.05, 0.1) is 5.71 Å². The predicted octanol–water partition coefficient (Wildman–Crippen LogP) is 1.96. The van der Waals surface area contributed by atoms with Crippen LogP contribution >= 0.6 is 0 Å². The molecular weight excluding hydrogens is 418 g/mol. The van der Waals surface area contributed by atoms with Crippen molar-refractivity contribution >= 4 is 17.5 Å². The van der Waals surface area contributed by atoms with E-state index in [1.165, 1.54) is 11.1 Å². The SMILES string of the molecule is CN1N=C2CCN(C(=O)[C@H](N)COc3ccc(F)c(F)c3)C[C@@]2(Cc2ccccc2)C1=O. The van der Waals surface area contributed by atoms with Gasteiger partial charge in [-0.3, -0.25) is 9.59 Å². The highest BCUT2D eigenvalue weighted by Crippen LogP contribution is 2.38. The molecule has 2 heterocycles. The van der Waals surface area contributed by atoms with Crippen LogP contribution in [0.25, 0.3) is 0 Å². The van der Waals surface area contributed by atoms with Crippen molar-refractivity contribution in [3.05, 3.63) is 65.7 Å². The monoisotopic (exact) mass is 442 g/mol. The van der Waals surface area contributed by atoms with Crippen molar-refractivity contribution in [1.82, 2.24) is 9.91 Å². The van der Waals surface area contributed by atoms with E-state index in [1.807, 2.05) is 30.3 Å². The minimum Gasteiger partial charge on any atom is -0.491 e. The summed E-state index contributed by atoms with van der Waals surface area (Å²) < 4.78 is 31.8. The lowest BCUT2D eigenvalue weighted by molar-refractivity contribution is -0.140. The van der Waals surface area contributed by atoms with Gasteiger partial charge in [0.25, 0.3) is 5.91 Å². The summed E-state index contributed by atoms with van der Waals surface area (Å²) in [5.74, 6) is -2.48. The van der Waals surface area contributed by atoms with Gasteiger partial charge in [-0.2, -0.15) is 5.10 Å². The van der Waals surface area contributed by atoms with Crippen LogP contribution in [0, 0.1) is 17.0 Å². The Hall–Kier alpha value is -3.33. The maximum absolute atomic E-state index is 13.4. The molecule has 2 atom stereocenters. The Bertz CT molecular complexity index is 1060. The first-order valence-electron chi connectivity index (χ1n) is 10.3. The molecule has 0 spiro atoms. The minimum absolute atomic E-state index is 0.0772. The summed E-state index contributed by atoms with van der Waals surface area (Å²) in [7, 11) is 1.62. The minimum atomic E-state index is -1.04. The van der Waals surface area contributed by atoms with E-state index in [4.69, 9.17) is 10.5 Å². The summed E-state index contributed by atoms with van der Waals surface area (Å²) in [6.45, 7) is 0.344. The van der Waals surface area contributed by atoms with E-state index in [1.54, 1.807) is 11.9 Å². The van der Waals surface area contributed by atoms with Gasteiger partial charge in [-0.15, -0.1) is 0 Å². The van der Waals surface area contributed by atoms with Crippen molar-refractivity contribution in [3.8, 4) is 5.75 Å². The van der Waals surface area contributed by atoms with Crippen LogP contribution in [0.1, 0.15) is 12.0 Å². The number of amides is 2. The number of ether oxygens (including phenoxy) is 1. The highest BCUT2D eigenvalue weighted by atomic mass is 19.2. The van der Waals surface area contributed by atoms with E-state index in [0.29, 0.717) is 19.4 Å². The van der Waals surface area contributed by atoms with Crippen LogP contribution in [0.5, 0.6) is 5.75 Å². The molecule has 0 bridgehead atoms. The molecule has 4 rings (SSSR count). The normalized spacial score (nSPS) is 21.2. The molecule has 9 heteroatoms. The van der Waals surface area contributed by atoms with Crippen LogP contribution in [0.3, 0.4) is 0 Å². The fraction of sp³-hybridized carbons (Fsp3) is 0.348. The third-order valence-corrected chi connectivity index (χ3v) is 5.90. The largest absolute Gasteiger partial charge is 0.491 e. The van der Waals surface area contributed by atoms with Crippen LogP contribution in [0.15, 0.2) is 53.6 Å². The van der Waals surface area contributed by atoms with Crippen molar-refractivity contribution in [1.29, 1.82) is 0 Å². The number of nitrogens with zero attached hydrogens (tertiary/aromatic N) is 3. The Morgan fingerprint density at radius 3 is 2.69 bits per heavy atom. The molecule has 2 aromatic carbocycles. The number of benzene rings is 2. The molecule has 1 fully saturated rings. The number of likely N-dealkylation sites (tertiary alicyclic amines) is 1. The van der Waals surface area contributed by atoms with E-state index >= 15 is 0 Å². The van der Waals surface area contributed by atoms with Gasteiger partial charge >= 0.3 is 0 Å². The highest BCUT2D eigenvalue weighted by molar-refractivity contribution is 6.13. The first-order chi connectivity index (χ1) is 15.3. The number of piperidine rings is 1. The van der Waals surface area contributed by atoms with Crippen LogP contribution in [0.4, 0.5) is 8.78 Å². The van der Waals surface area contributed by atoms with Gasteiger partial charge in [0.2, 0.25) is 5.91 Å². The molecule has 0 unspecified atom stereocenters. The molecule has 2 N–H and O–H groups in total. The van der Waals surface area contributed by atoms with E-state index in [9.17, 15) is 18.4 Å².